The molecular formula is C59H45N3Si. The Morgan fingerprint density at radius 2 is 0.778 bits per heavy atom. The van der Waals surface area contributed by atoms with Crippen molar-refractivity contribution in [3.05, 3.63) is 241 Å². The molecule has 0 saturated carbocycles. The molecular weight excluding hydrogens is 779 g/mol. The van der Waals surface area contributed by atoms with Crippen LogP contribution in [0.1, 0.15) is 22.3 Å². The highest BCUT2D eigenvalue weighted by Crippen LogP contribution is 2.57. The van der Waals surface area contributed by atoms with Crippen LogP contribution in [0.4, 0.5) is 0 Å². The fourth-order valence-electron chi connectivity index (χ4n) is 9.52. The zero-order valence-electron chi connectivity index (χ0n) is 35.6. The second kappa shape index (κ2) is 15.4. The Morgan fingerprint density at radius 1 is 0.317 bits per heavy atom. The predicted octanol–water partition coefficient (Wildman–Crippen LogP) is 14.3. The third kappa shape index (κ3) is 6.80. The third-order valence-corrected chi connectivity index (χ3v) is 14.8. The maximum Gasteiger partial charge on any atom is 0.164 e. The van der Waals surface area contributed by atoms with Crippen molar-refractivity contribution in [1.29, 1.82) is 0 Å². The van der Waals surface area contributed by atoms with Crippen molar-refractivity contribution in [1.82, 2.24) is 15.0 Å². The van der Waals surface area contributed by atoms with Crippen molar-refractivity contribution in [3.63, 3.8) is 0 Å². The van der Waals surface area contributed by atoms with E-state index in [2.05, 4.69) is 202 Å². The van der Waals surface area contributed by atoms with E-state index in [1.165, 1.54) is 60.5 Å². The normalized spacial score (nSPS) is 14.3. The molecule has 0 aliphatic heterocycles. The molecule has 0 saturated heterocycles. The second-order valence-corrected chi connectivity index (χ2v) is 22.7. The Hall–Kier alpha value is -7.53. The molecule has 300 valence electrons. The van der Waals surface area contributed by atoms with Crippen LogP contribution in [0.3, 0.4) is 0 Å². The number of hydrogen-bond acceptors (Lipinski definition) is 3. The first-order valence-corrected chi connectivity index (χ1v) is 25.3. The molecule has 3 nitrogen and oxygen atoms in total. The van der Waals surface area contributed by atoms with E-state index in [4.69, 9.17) is 15.0 Å². The lowest BCUT2D eigenvalue weighted by Crippen LogP contribution is -2.37. The van der Waals surface area contributed by atoms with E-state index < -0.39 is 13.5 Å². The molecule has 63 heavy (non-hydrogen) atoms. The van der Waals surface area contributed by atoms with Crippen LogP contribution >= 0.6 is 0 Å². The van der Waals surface area contributed by atoms with Gasteiger partial charge in [0.25, 0.3) is 0 Å². The Labute approximate surface area is 370 Å². The first-order chi connectivity index (χ1) is 30.8. The van der Waals surface area contributed by atoms with Crippen molar-refractivity contribution >= 4 is 24.0 Å². The van der Waals surface area contributed by atoms with Gasteiger partial charge >= 0.3 is 0 Å². The van der Waals surface area contributed by atoms with Gasteiger partial charge in [0, 0.05) is 16.7 Å². The summed E-state index contributed by atoms with van der Waals surface area (Å²) in [7, 11) is -1.45. The fourth-order valence-corrected chi connectivity index (χ4v) is 10.7. The van der Waals surface area contributed by atoms with Crippen LogP contribution in [-0.2, 0) is 5.41 Å². The molecule has 0 N–H and O–H groups in total. The highest BCUT2D eigenvalue weighted by atomic mass is 28.3. The van der Waals surface area contributed by atoms with E-state index in [1.54, 1.807) is 0 Å². The van der Waals surface area contributed by atoms with Gasteiger partial charge in [0.05, 0.1) is 13.5 Å². The molecule has 0 bridgehead atoms. The molecule has 0 radical (unpaired) electrons. The SMILES string of the molecule is C[Si](C)(C)c1ccc(-c2ccc3c(c2)C(c2ccccc2)(c2ccc4ccccc4c2)c2cc(-c4cccc(-c5nc(-c6ccccc6)nc(-c6ccccc6)n5)c4)ccc2-3)cc1. The van der Waals surface area contributed by atoms with Gasteiger partial charge in [-0.15, -0.1) is 0 Å². The average Bonchev–Trinajstić information content (AvgIpc) is 3.64. The summed E-state index contributed by atoms with van der Waals surface area (Å²) in [5.74, 6) is 1.93. The van der Waals surface area contributed by atoms with Crippen LogP contribution < -0.4 is 5.19 Å². The van der Waals surface area contributed by atoms with E-state index in [0.717, 1.165) is 27.8 Å². The molecule has 0 amide bonds. The Bertz CT molecular complexity index is 3250. The summed E-state index contributed by atoms with van der Waals surface area (Å²) in [5, 5.41) is 3.92. The van der Waals surface area contributed by atoms with Crippen molar-refractivity contribution in [2.45, 2.75) is 25.1 Å². The van der Waals surface area contributed by atoms with E-state index in [1.807, 2.05) is 36.4 Å². The van der Waals surface area contributed by atoms with Crippen LogP contribution in [0.25, 0.3) is 78.3 Å². The van der Waals surface area contributed by atoms with E-state index in [9.17, 15) is 0 Å². The second-order valence-electron chi connectivity index (χ2n) is 17.6. The molecule has 1 aromatic heterocycles. The fraction of sp³-hybridized carbons (Fsp3) is 0.0678. The van der Waals surface area contributed by atoms with E-state index >= 15 is 0 Å². The summed E-state index contributed by atoms with van der Waals surface area (Å²) in [5.41, 5.74) is 14.5. The molecule has 0 spiro atoms. The summed E-state index contributed by atoms with van der Waals surface area (Å²) in [6.45, 7) is 7.23. The third-order valence-electron chi connectivity index (χ3n) is 12.8. The molecule has 1 aliphatic rings. The van der Waals surface area contributed by atoms with Crippen molar-refractivity contribution in [3.8, 4) is 67.5 Å². The molecule has 11 rings (SSSR count). The predicted molar refractivity (Wildman–Crippen MR) is 265 cm³/mol. The lowest BCUT2D eigenvalue weighted by Gasteiger charge is -2.34. The number of benzene rings is 9. The zero-order valence-corrected chi connectivity index (χ0v) is 36.6. The highest BCUT2D eigenvalue weighted by molar-refractivity contribution is 6.88. The quantitative estimate of drug-likeness (QED) is 0.143. The molecule has 1 atom stereocenters. The molecule has 9 aromatic carbocycles. The van der Waals surface area contributed by atoms with E-state index in [-0.39, 0.29) is 0 Å². The number of hydrogen-bond donors (Lipinski definition) is 0. The Kier molecular flexibility index (Phi) is 9.40. The first kappa shape index (κ1) is 38.4. The van der Waals surface area contributed by atoms with Gasteiger partial charge < -0.3 is 0 Å². The van der Waals surface area contributed by atoms with Crippen LogP contribution in [-0.4, -0.2) is 23.0 Å². The van der Waals surface area contributed by atoms with Crippen LogP contribution in [0.2, 0.25) is 19.6 Å². The summed E-state index contributed by atoms with van der Waals surface area (Å²) in [6.07, 6.45) is 0. The number of rotatable bonds is 8. The van der Waals surface area contributed by atoms with Crippen LogP contribution in [0.15, 0.2) is 218 Å². The lowest BCUT2D eigenvalue weighted by atomic mass is 9.67. The maximum atomic E-state index is 5.08. The maximum absolute atomic E-state index is 5.08. The van der Waals surface area contributed by atoms with Crippen LogP contribution in [0.5, 0.6) is 0 Å². The van der Waals surface area contributed by atoms with Gasteiger partial charge in [-0.3, -0.25) is 0 Å². The first-order valence-electron chi connectivity index (χ1n) is 21.8. The van der Waals surface area contributed by atoms with Gasteiger partial charge in [0.15, 0.2) is 17.5 Å². The largest absolute Gasteiger partial charge is 0.208 e. The summed E-state index contributed by atoms with van der Waals surface area (Å²) < 4.78 is 0. The summed E-state index contributed by atoms with van der Waals surface area (Å²) in [4.78, 5) is 15.1. The standard InChI is InChI=1S/C59H45N3Si/c1-63(2,3)51-32-27-41(28-33-51)46-29-34-52-53-35-30-47(39-55(53)59(54(52)38-46,49-24-11-6-12-25-49)50-31-26-40-16-13-14-21-45(40)37-50)44-22-15-23-48(36-44)58-61-56(42-17-7-4-8-18-42)60-57(62-58)43-19-9-5-10-20-43/h4-39H,1-3H3. The number of aromatic nitrogens is 3. The summed E-state index contributed by atoms with van der Waals surface area (Å²) in [6, 6.07) is 79.4. The monoisotopic (exact) mass is 823 g/mol. The topological polar surface area (TPSA) is 38.7 Å². The smallest absolute Gasteiger partial charge is 0.164 e. The molecule has 1 heterocycles. The van der Waals surface area contributed by atoms with Crippen LogP contribution in [0, 0.1) is 0 Å². The highest BCUT2D eigenvalue weighted by Gasteiger charge is 2.46. The van der Waals surface area contributed by atoms with Gasteiger partial charge in [-0.25, -0.2) is 15.0 Å². The van der Waals surface area contributed by atoms with Crippen molar-refractivity contribution in [2.75, 3.05) is 0 Å². The molecule has 10 aromatic rings. The molecule has 1 aliphatic carbocycles. The minimum atomic E-state index is -1.45. The number of fused-ring (bicyclic) bond motifs is 4. The lowest BCUT2D eigenvalue weighted by molar-refractivity contribution is 0.770. The zero-order chi connectivity index (χ0) is 42.5. The van der Waals surface area contributed by atoms with Gasteiger partial charge in [-0.05, 0) is 90.7 Å². The van der Waals surface area contributed by atoms with Crippen molar-refractivity contribution in [2.24, 2.45) is 0 Å². The Balaban J connectivity index is 1.11. The number of nitrogens with zero attached hydrogens (tertiary/aromatic N) is 3. The Morgan fingerprint density at radius 3 is 1.37 bits per heavy atom. The molecule has 4 heteroatoms. The summed E-state index contributed by atoms with van der Waals surface area (Å²) >= 11 is 0. The van der Waals surface area contributed by atoms with Gasteiger partial charge in [0.1, 0.15) is 0 Å². The van der Waals surface area contributed by atoms with Crippen molar-refractivity contribution < 1.29 is 0 Å². The van der Waals surface area contributed by atoms with Gasteiger partial charge in [-0.1, -0.05) is 219 Å². The average molecular weight is 824 g/mol. The van der Waals surface area contributed by atoms with E-state index in [0.29, 0.717) is 17.5 Å². The minimum Gasteiger partial charge on any atom is -0.208 e. The van der Waals surface area contributed by atoms with Gasteiger partial charge in [0.2, 0.25) is 0 Å². The molecule has 1 unspecified atom stereocenters. The minimum absolute atomic E-state index is 0.596. The van der Waals surface area contributed by atoms with Gasteiger partial charge in [-0.2, -0.15) is 0 Å². The molecule has 0 fully saturated rings.